The van der Waals surface area contributed by atoms with E-state index in [1.807, 2.05) is 0 Å². The summed E-state index contributed by atoms with van der Waals surface area (Å²) in [6.45, 7) is 0. The molecule has 6 heteroatoms. The number of methoxy groups -OCH3 is 2. The highest BCUT2D eigenvalue weighted by Crippen LogP contribution is 2.09. The molecule has 0 amide bonds. The molecule has 17 heavy (non-hydrogen) atoms. The van der Waals surface area contributed by atoms with E-state index in [0.717, 1.165) is 7.11 Å². The number of carbonyl (C=O) groups excluding carboxylic acids is 3. The van der Waals surface area contributed by atoms with Crippen molar-refractivity contribution >= 4 is 17.7 Å². The molecule has 0 rings (SSSR count). The topological polar surface area (TPSA) is 72.9 Å². The molecule has 0 N–H and O–H groups in total. The second kappa shape index (κ2) is 7.43. The molecule has 0 aliphatic carbocycles. The third-order valence-corrected chi connectivity index (χ3v) is 1.96. The maximum Gasteiger partial charge on any atom is 0.317 e. The minimum absolute atomic E-state index is 0.320. The van der Waals surface area contributed by atoms with Crippen molar-refractivity contribution in [2.24, 2.45) is 5.92 Å². The lowest BCUT2D eigenvalue weighted by Gasteiger charge is -2.10. The summed E-state index contributed by atoms with van der Waals surface area (Å²) >= 11 is 0. The van der Waals surface area contributed by atoms with Gasteiger partial charge in [-0.1, -0.05) is 0 Å². The van der Waals surface area contributed by atoms with Gasteiger partial charge in [0.2, 0.25) is 0 Å². The molecule has 0 heterocycles. The lowest BCUT2D eigenvalue weighted by atomic mass is 10.0. The zero-order chi connectivity index (χ0) is 13.4. The molecule has 0 saturated heterocycles. The Hall–Kier alpha value is -1.85. The SMILES string of the molecule is COC(=O)C[C@@H](C(=O)/C=C/N(C)C)C(=O)OC. The molecule has 0 saturated carbocycles. The summed E-state index contributed by atoms with van der Waals surface area (Å²) in [5, 5.41) is 0. The molecular formula is C11H17NO5. The molecule has 96 valence electrons. The molecule has 0 aromatic rings. The average Bonchev–Trinajstić information content (AvgIpc) is 2.31. The minimum atomic E-state index is -1.15. The van der Waals surface area contributed by atoms with Gasteiger partial charge in [-0.25, -0.2) is 0 Å². The number of hydrogen-bond donors (Lipinski definition) is 0. The molecule has 0 aromatic carbocycles. The first-order valence-electron chi connectivity index (χ1n) is 4.95. The number of ketones is 1. The summed E-state index contributed by atoms with van der Waals surface area (Å²) in [6.07, 6.45) is 2.40. The van der Waals surface area contributed by atoms with Crippen LogP contribution < -0.4 is 0 Å². The van der Waals surface area contributed by atoms with E-state index in [0.29, 0.717) is 0 Å². The molecule has 0 spiro atoms. The maximum absolute atomic E-state index is 11.7. The van der Waals surface area contributed by atoms with E-state index in [9.17, 15) is 14.4 Å². The number of nitrogens with zero attached hydrogens (tertiary/aromatic N) is 1. The summed E-state index contributed by atoms with van der Waals surface area (Å²) in [7, 11) is 5.82. The second-order valence-corrected chi connectivity index (χ2v) is 3.54. The Morgan fingerprint density at radius 2 is 1.76 bits per heavy atom. The molecule has 0 fully saturated rings. The van der Waals surface area contributed by atoms with Gasteiger partial charge in [0.1, 0.15) is 5.92 Å². The van der Waals surface area contributed by atoms with Crippen LogP contribution in [0.25, 0.3) is 0 Å². The summed E-state index contributed by atoms with van der Waals surface area (Å²) in [4.78, 5) is 35.7. The summed E-state index contributed by atoms with van der Waals surface area (Å²) in [6, 6.07) is 0. The Labute approximate surface area is 100 Å². The first-order valence-corrected chi connectivity index (χ1v) is 4.95. The highest BCUT2D eigenvalue weighted by molar-refractivity contribution is 6.06. The van der Waals surface area contributed by atoms with Gasteiger partial charge >= 0.3 is 11.9 Å². The van der Waals surface area contributed by atoms with E-state index in [-0.39, 0.29) is 6.42 Å². The Morgan fingerprint density at radius 3 is 2.18 bits per heavy atom. The van der Waals surface area contributed by atoms with E-state index >= 15 is 0 Å². The number of allylic oxidation sites excluding steroid dienone is 1. The Balaban J connectivity index is 4.74. The third-order valence-electron chi connectivity index (χ3n) is 1.96. The number of ether oxygens (including phenoxy) is 2. The van der Waals surface area contributed by atoms with Gasteiger partial charge in [0.25, 0.3) is 0 Å². The van der Waals surface area contributed by atoms with E-state index in [4.69, 9.17) is 0 Å². The molecule has 6 nitrogen and oxygen atoms in total. The van der Waals surface area contributed by atoms with Crippen LogP contribution >= 0.6 is 0 Å². The molecular weight excluding hydrogens is 226 g/mol. The van der Waals surface area contributed by atoms with Crippen LogP contribution in [0.2, 0.25) is 0 Å². The van der Waals surface area contributed by atoms with E-state index in [1.54, 1.807) is 19.0 Å². The fourth-order valence-corrected chi connectivity index (χ4v) is 1.03. The molecule has 0 radical (unpaired) electrons. The van der Waals surface area contributed by atoms with Crippen molar-refractivity contribution in [3.63, 3.8) is 0 Å². The predicted octanol–water partition coefficient (Wildman–Crippen LogP) is -0.0169. The van der Waals surface area contributed by atoms with Crippen molar-refractivity contribution in [3.05, 3.63) is 12.3 Å². The molecule has 0 aliphatic rings. The summed E-state index contributed by atoms with van der Waals surface area (Å²) in [5.41, 5.74) is 0. The highest BCUT2D eigenvalue weighted by Gasteiger charge is 2.28. The van der Waals surface area contributed by atoms with E-state index < -0.39 is 23.6 Å². The zero-order valence-electron chi connectivity index (χ0n) is 10.4. The van der Waals surface area contributed by atoms with Crippen LogP contribution in [0, 0.1) is 5.92 Å². The van der Waals surface area contributed by atoms with Crippen molar-refractivity contribution in [3.8, 4) is 0 Å². The van der Waals surface area contributed by atoms with Crippen LogP contribution in [0.15, 0.2) is 12.3 Å². The van der Waals surface area contributed by atoms with Crippen LogP contribution in [0.5, 0.6) is 0 Å². The van der Waals surface area contributed by atoms with Crippen molar-refractivity contribution in [2.75, 3.05) is 28.3 Å². The van der Waals surface area contributed by atoms with Crippen molar-refractivity contribution in [1.82, 2.24) is 4.90 Å². The summed E-state index contributed by atoms with van der Waals surface area (Å²) in [5.74, 6) is -3.02. The second-order valence-electron chi connectivity index (χ2n) is 3.54. The molecule has 0 aliphatic heterocycles. The van der Waals surface area contributed by atoms with Crippen molar-refractivity contribution in [2.45, 2.75) is 6.42 Å². The van der Waals surface area contributed by atoms with Gasteiger partial charge in [0, 0.05) is 20.3 Å². The van der Waals surface area contributed by atoms with Gasteiger partial charge in [-0.05, 0) is 6.08 Å². The summed E-state index contributed by atoms with van der Waals surface area (Å²) < 4.78 is 8.89. The van der Waals surface area contributed by atoms with E-state index in [2.05, 4.69) is 9.47 Å². The van der Waals surface area contributed by atoms with Gasteiger partial charge in [-0.15, -0.1) is 0 Å². The Bertz CT molecular complexity index is 322. The number of carbonyl (C=O) groups is 3. The highest BCUT2D eigenvalue weighted by atomic mass is 16.5. The monoisotopic (exact) mass is 243 g/mol. The number of hydrogen-bond acceptors (Lipinski definition) is 6. The van der Waals surface area contributed by atoms with Crippen LogP contribution in [-0.2, 0) is 23.9 Å². The smallest absolute Gasteiger partial charge is 0.317 e. The molecule has 0 bridgehead atoms. The standard InChI is InChI=1S/C11H17NO5/c1-12(2)6-5-9(13)8(11(15)17-4)7-10(14)16-3/h5-6,8H,7H2,1-4H3/b6-5+/t8-/m0/s1. The van der Waals surface area contributed by atoms with Crippen molar-refractivity contribution < 1.29 is 23.9 Å². The Kier molecular flexibility index (Phi) is 6.62. The van der Waals surface area contributed by atoms with Crippen LogP contribution in [0.3, 0.4) is 0 Å². The van der Waals surface area contributed by atoms with Crippen molar-refractivity contribution in [1.29, 1.82) is 0 Å². The molecule has 0 unspecified atom stereocenters. The predicted molar refractivity (Wildman–Crippen MR) is 60.0 cm³/mol. The van der Waals surface area contributed by atoms with Crippen LogP contribution in [-0.4, -0.2) is 50.9 Å². The normalized spacial score (nSPS) is 12.0. The number of esters is 2. The van der Waals surface area contributed by atoms with Crippen LogP contribution in [0.4, 0.5) is 0 Å². The van der Waals surface area contributed by atoms with Gasteiger partial charge < -0.3 is 14.4 Å². The van der Waals surface area contributed by atoms with Gasteiger partial charge in [-0.2, -0.15) is 0 Å². The van der Waals surface area contributed by atoms with Crippen LogP contribution in [0.1, 0.15) is 6.42 Å². The minimum Gasteiger partial charge on any atom is -0.469 e. The largest absolute Gasteiger partial charge is 0.469 e. The molecule has 0 aromatic heterocycles. The van der Waals surface area contributed by atoms with Gasteiger partial charge in [-0.3, -0.25) is 14.4 Å². The lowest BCUT2D eigenvalue weighted by Crippen LogP contribution is -2.27. The maximum atomic E-state index is 11.7. The fourth-order valence-electron chi connectivity index (χ4n) is 1.03. The molecule has 1 atom stereocenters. The third kappa shape index (κ3) is 5.70. The Morgan fingerprint density at radius 1 is 1.18 bits per heavy atom. The quantitative estimate of drug-likeness (QED) is 0.371. The zero-order valence-corrected chi connectivity index (χ0v) is 10.4. The fraction of sp³-hybridized carbons (Fsp3) is 0.545. The van der Waals surface area contributed by atoms with E-state index in [1.165, 1.54) is 19.4 Å². The lowest BCUT2D eigenvalue weighted by molar-refractivity contribution is -0.154. The first-order chi connectivity index (χ1) is 7.92. The first kappa shape index (κ1) is 15.2. The van der Waals surface area contributed by atoms with Gasteiger partial charge in [0.15, 0.2) is 5.78 Å². The van der Waals surface area contributed by atoms with Gasteiger partial charge in [0.05, 0.1) is 20.6 Å². The number of rotatable bonds is 6. The average molecular weight is 243 g/mol.